The molecule has 0 fully saturated rings. The fraction of sp³-hybridized carbons (Fsp3) is 0.500. The molecule has 6 heteroatoms. The van der Waals surface area contributed by atoms with E-state index in [0.29, 0.717) is 11.5 Å². The Hall–Kier alpha value is -1.34. The van der Waals surface area contributed by atoms with Crippen LogP contribution in [0.5, 0.6) is 0 Å². The van der Waals surface area contributed by atoms with Gasteiger partial charge in [0.05, 0.1) is 13.2 Å². The molecule has 4 nitrogen and oxygen atoms in total. The van der Waals surface area contributed by atoms with E-state index in [1.54, 1.807) is 22.7 Å². The number of aliphatic hydroxyl groups excluding tert-OH is 2. The van der Waals surface area contributed by atoms with E-state index in [4.69, 9.17) is 9.47 Å². The quantitative estimate of drug-likeness (QED) is 0.645. The molecule has 26 heavy (non-hydrogen) atoms. The summed E-state index contributed by atoms with van der Waals surface area (Å²) in [5.41, 5.74) is 4.37. The van der Waals surface area contributed by atoms with Gasteiger partial charge in [-0.25, -0.2) is 0 Å². The molecule has 0 aliphatic rings. The lowest BCUT2D eigenvalue weighted by atomic mass is 10.0. The van der Waals surface area contributed by atoms with Crippen LogP contribution < -0.4 is 0 Å². The molecular weight excluding hydrogens is 368 g/mol. The predicted octanol–water partition coefficient (Wildman–Crippen LogP) is 4.50. The van der Waals surface area contributed by atoms with E-state index in [-0.39, 0.29) is 26.4 Å². The summed E-state index contributed by atoms with van der Waals surface area (Å²) >= 11 is 3.46. The maximum Gasteiger partial charge on any atom is 0.170 e. The zero-order valence-electron chi connectivity index (χ0n) is 16.4. The Labute approximate surface area is 163 Å². The zero-order valence-corrected chi connectivity index (χ0v) is 18.0. The Balaban J connectivity index is 2.78. The molecule has 0 saturated heterocycles. The van der Waals surface area contributed by atoms with Crippen LogP contribution in [-0.2, 0) is 9.47 Å². The molecule has 0 saturated carbocycles. The third-order valence-electron chi connectivity index (χ3n) is 4.46. The van der Waals surface area contributed by atoms with Gasteiger partial charge in [0, 0.05) is 30.6 Å². The van der Waals surface area contributed by atoms with E-state index in [2.05, 4.69) is 41.5 Å². The summed E-state index contributed by atoms with van der Waals surface area (Å²) in [7, 11) is 0. The summed E-state index contributed by atoms with van der Waals surface area (Å²) in [6.45, 7) is 12.7. The number of aliphatic hydroxyl groups is 2. The number of ether oxygens (including phenoxy) is 2. The van der Waals surface area contributed by atoms with Crippen LogP contribution in [0.25, 0.3) is 11.5 Å². The number of hydrogen-bond donors (Lipinski definition) is 2. The standard InChI is InChI=1S/C20H28O4S2/c1-11-13(3)25-15(5)17(11)19(23-9-7-21)20(24-10-8-22)18-12(2)14(4)26-16(18)6/h21-22H,7-10H2,1-6H3. The summed E-state index contributed by atoms with van der Waals surface area (Å²) in [6, 6.07) is 0. The lowest BCUT2D eigenvalue weighted by molar-refractivity contribution is 0.162. The minimum absolute atomic E-state index is 0.0708. The molecule has 0 bridgehead atoms. The van der Waals surface area contributed by atoms with Crippen molar-refractivity contribution in [3.05, 3.63) is 41.8 Å². The average molecular weight is 397 g/mol. The van der Waals surface area contributed by atoms with Crippen molar-refractivity contribution >= 4 is 34.2 Å². The molecule has 2 N–H and O–H groups in total. The predicted molar refractivity (Wildman–Crippen MR) is 110 cm³/mol. The largest absolute Gasteiger partial charge is 0.487 e. The first-order valence-electron chi connectivity index (χ1n) is 8.68. The Morgan fingerprint density at radius 1 is 0.654 bits per heavy atom. The van der Waals surface area contributed by atoms with Crippen molar-refractivity contribution in [2.24, 2.45) is 0 Å². The van der Waals surface area contributed by atoms with Crippen molar-refractivity contribution < 1.29 is 19.7 Å². The monoisotopic (exact) mass is 396 g/mol. The highest BCUT2D eigenvalue weighted by Gasteiger charge is 2.25. The van der Waals surface area contributed by atoms with Gasteiger partial charge < -0.3 is 19.7 Å². The molecule has 2 heterocycles. The van der Waals surface area contributed by atoms with Crippen LogP contribution in [0.2, 0.25) is 0 Å². The van der Waals surface area contributed by atoms with Crippen molar-refractivity contribution in [1.29, 1.82) is 0 Å². The van der Waals surface area contributed by atoms with Gasteiger partial charge in [0.1, 0.15) is 13.2 Å². The molecule has 2 aromatic rings. The summed E-state index contributed by atoms with van der Waals surface area (Å²) in [4.78, 5) is 4.78. The lowest BCUT2D eigenvalue weighted by Crippen LogP contribution is -2.08. The van der Waals surface area contributed by atoms with Crippen molar-refractivity contribution in [1.82, 2.24) is 0 Å². The Morgan fingerprint density at radius 2 is 1.00 bits per heavy atom. The van der Waals surface area contributed by atoms with E-state index in [0.717, 1.165) is 32.0 Å². The van der Waals surface area contributed by atoms with Gasteiger partial charge >= 0.3 is 0 Å². The summed E-state index contributed by atoms with van der Waals surface area (Å²) in [5.74, 6) is 1.30. The Morgan fingerprint density at radius 3 is 1.23 bits per heavy atom. The van der Waals surface area contributed by atoms with Crippen LogP contribution >= 0.6 is 22.7 Å². The molecular formula is C20H28O4S2. The highest BCUT2D eigenvalue weighted by atomic mass is 32.1. The van der Waals surface area contributed by atoms with E-state index in [1.165, 1.54) is 9.75 Å². The minimum Gasteiger partial charge on any atom is -0.487 e. The van der Waals surface area contributed by atoms with Gasteiger partial charge in [-0.2, -0.15) is 0 Å². The molecule has 0 aromatic carbocycles. The van der Waals surface area contributed by atoms with E-state index < -0.39 is 0 Å². The lowest BCUT2D eigenvalue weighted by Gasteiger charge is -2.19. The topological polar surface area (TPSA) is 58.9 Å². The highest BCUT2D eigenvalue weighted by molar-refractivity contribution is 7.12. The number of hydrogen-bond acceptors (Lipinski definition) is 6. The first-order valence-corrected chi connectivity index (χ1v) is 10.3. The van der Waals surface area contributed by atoms with Crippen molar-refractivity contribution in [2.45, 2.75) is 41.5 Å². The number of thiophene rings is 2. The number of aryl methyl sites for hydroxylation is 4. The second kappa shape index (κ2) is 9.04. The van der Waals surface area contributed by atoms with Crippen LogP contribution in [0.1, 0.15) is 41.8 Å². The van der Waals surface area contributed by atoms with Gasteiger partial charge in [-0.1, -0.05) is 0 Å². The maximum atomic E-state index is 9.32. The third kappa shape index (κ3) is 4.14. The summed E-state index contributed by atoms with van der Waals surface area (Å²) in [6.07, 6.45) is 0. The Bertz CT molecular complexity index is 733. The molecule has 0 atom stereocenters. The smallest absolute Gasteiger partial charge is 0.170 e. The fourth-order valence-electron chi connectivity index (χ4n) is 3.05. The zero-order chi connectivity index (χ0) is 19.4. The van der Waals surface area contributed by atoms with Gasteiger partial charge in [0.15, 0.2) is 11.5 Å². The fourth-order valence-corrected chi connectivity index (χ4v) is 5.18. The second-order valence-electron chi connectivity index (χ2n) is 6.23. The Kier molecular flexibility index (Phi) is 7.29. The van der Waals surface area contributed by atoms with E-state index in [9.17, 15) is 10.2 Å². The van der Waals surface area contributed by atoms with Crippen LogP contribution in [0.15, 0.2) is 0 Å². The second-order valence-corrected chi connectivity index (χ2v) is 9.09. The summed E-state index contributed by atoms with van der Waals surface area (Å²) < 4.78 is 12.0. The minimum atomic E-state index is -0.0708. The van der Waals surface area contributed by atoms with Crippen molar-refractivity contribution in [2.75, 3.05) is 26.4 Å². The van der Waals surface area contributed by atoms with Crippen LogP contribution in [0, 0.1) is 41.5 Å². The van der Waals surface area contributed by atoms with E-state index in [1.807, 2.05) is 0 Å². The van der Waals surface area contributed by atoms with E-state index >= 15 is 0 Å². The number of rotatable bonds is 8. The summed E-state index contributed by atoms with van der Waals surface area (Å²) in [5, 5.41) is 18.6. The SMILES string of the molecule is Cc1sc(C)c(C(OCCO)=C(OCCO)c2c(C)sc(C)c2C)c1C. The van der Waals surface area contributed by atoms with Gasteiger partial charge in [-0.3, -0.25) is 0 Å². The van der Waals surface area contributed by atoms with Gasteiger partial charge in [-0.05, 0) is 52.7 Å². The molecule has 2 rings (SSSR count). The maximum absolute atomic E-state index is 9.32. The molecule has 0 aliphatic carbocycles. The molecule has 0 aliphatic heterocycles. The molecule has 0 spiro atoms. The van der Waals surface area contributed by atoms with Crippen LogP contribution in [0.3, 0.4) is 0 Å². The highest BCUT2D eigenvalue weighted by Crippen LogP contribution is 2.41. The molecule has 2 aromatic heterocycles. The first kappa shape index (κ1) is 21.0. The molecule has 0 unspecified atom stereocenters. The van der Waals surface area contributed by atoms with Crippen molar-refractivity contribution in [3.8, 4) is 0 Å². The molecule has 144 valence electrons. The van der Waals surface area contributed by atoms with Crippen LogP contribution in [-0.4, -0.2) is 36.6 Å². The average Bonchev–Trinajstić information content (AvgIpc) is 2.99. The van der Waals surface area contributed by atoms with Gasteiger partial charge in [-0.15, -0.1) is 22.7 Å². The van der Waals surface area contributed by atoms with Gasteiger partial charge in [0.25, 0.3) is 0 Å². The first-order chi connectivity index (χ1) is 12.3. The van der Waals surface area contributed by atoms with Gasteiger partial charge in [0.2, 0.25) is 0 Å². The third-order valence-corrected chi connectivity index (χ3v) is 6.70. The molecule has 0 amide bonds. The molecule has 0 radical (unpaired) electrons. The van der Waals surface area contributed by atoms with Crippen molar-refractivity contribution in [3.63, 3.8) is 0 Å². The van der Waals surface area contributed by atoms with Crippen LogP contribution in [0.4, 0.5) is 0 Å². The normalized spacial score (nSPS) is 12.3.